The van der Waals surface area contributed by atoms with Gasteiger partial charge in [-0.3, -0.25) is 4.79 Å². The first kappa shape index (κ1) is 32.5. The molecule has 5 atom stereocenters. The third-order valence-corrected chi connectivity index (χ3v) is 14.6. The maximum Gasteiger partial charge on any atom is 0.302 e. The SMILES string of the molecule is CC(=O)O[C@H]1C[C@H](F)[C@H](CC[C@H](CCC2Cc3ccccc3C2)O[Si](C)(C)C(C)(C)C)[C@H]1CC=CCCCBr. The Morgan fingerprint density at radius 3 is 2.33 bits per heavy atom. The average Bonchev–Trinajstić information content (AvgIpc) is 3.39. The molecule has 1 aromatic rings. The monoisotopic (exact) mass is 622 g/mol. The van der Waals surface area contributed by atoms with Gasteiger partial charge in [0.2, 0.25) is 0 Å². The van der Waals surface area contributed by atoms with E-state index in [-0.39, 0.29) is 35.1 Å². The molecule has 2 aliphatic rings. The minimum atomic E-state index is -1.97. The van der Waals surface area contributed by atoms with Crippen LogP contribution < -0.4 is 0 Å². The molecule has 0 saturated heterocycles. The minimum Gasteiger partial charge on any atom is -0.462 e. The molecule has 0 spiro atoms. The fourth-order valence-electron chi connectivity index (χ4n) is 6.26. The number of esters is 1. The molecular formula is C33H52BrFO3Si. The molecule has 1 aromatic carbocycles. The molecule has 3 rings (SSSR count). The maximum atomic E-state index is 15.5. The fourth-order valence-corrected chi connectivity index (χ4v) is 8.01. The van der Waals surface area contributed by atoms with E-state index in [1.807, 2.05) is 0 Å². The molecule has 220 valence electrons. The summed E-state index contributed by atoms with van der Waals surface area (Å²) < 4.78 is 28.1. The first-order valence-electron chi connectivity index (χ1n) is 15.2. The minimum absolute atomic E-state index is 0.0296. The number of carbonyl (C=O) groups is 1. The van der Waals surface area contributed by atoms with Gasteiger partial charge < -0.3 is 9.16 Å². The van der Waals surface area contributed by atoms with E-state index in [0.29, 0.717) is 12.3 Å². The summed E-state index contributed by atoms with van der Waals surface area (Å²) in [5, 5.41) is 1.11. The second kappa shape index (κ2) is 14.8. The van der Waals surface area contributed by atoms with E-state index in [0.717, 1.165) is 63.1 Å². The van der Waals surface area contributed by atoms with E-state index < -0.39 is 14.5 Å². The van der Waals surface area contributed by atoms with Crippen LogP contribution in [0.5, 0.6) is 0 Å². The number of fused-ring (bicyclic) bond motifs is 1. The lowest BCUT2D eigenvalue weighted by atomic mass is 9.85. The van der Waals surface area contributed by atoms with Crippen LogP contribution in [-0.2, 0) is 26.8 Å². The fraction of sp³-hybridized carbons (Fsp3) is 0.727. The van der Waals surface area contributed by atoms with Gasteiger partial charge in [0, 0.05) is 30.7 Å². The molecule has 0 N–H and O–H groups in total. The number of unbranched alkanes of at least 4 members (excludes halogenated alkanes) is 1. The van der Waals surface area contributed by atoms with Crippen LogP contribution in [0.15, 0.2) is 36.4 Å². The van der Waals surface area contributed by atoms with Crippen molar-refractivity contribution in [2.24, 2.45) is 17.8 Å². The van der Waals surface area contributed by atoms with Crippen LogP contribution in [0.1, 0.15) is 90.2 Å². The van der Waals surface area contributed by atoms with Gasteiger partial charge in [0.25, 0.3) is 0 Å². The average molecular weight is 624 g/mol. The quantitative estimate of drug-likeness (QED) is 0.0681. The first-order chi connectivity index (χ1) is 18.4. The van der Waals surface area contributed by atoms with Crippen LogP contribution in [0.25, 0.3) is 0 Å². The number of allylic oxidation sites excluding steroid dienone is 2. The standard InChI is InChI=1S/C33H52BrFO3Si/c1-24(36)37-32-23-31(35)29(30(32)15-9-7-8-12-20-34)19-18-28(38-39(5,6)33(2,3)4)17-16-25-21-26-13-10-11-14-27(26)22-25/h7,9-11,13-14,25,28-32H,8,12,15-23H2,1-6H3/t28-,29+,30+,31-,32-/m0/s1. The molecule has 0 radical (unpaired) electrons. The highest BCUT2D eigenvalue weighted by atomic mass is 79.9. The zero-order valence-corrected chi connectivity index (χ0v) is 27.8. The van der Waals surface area contributed by atoms with E-state index in [1.165, 1.54) is 18.1 Å². The summed E-state index contributed by atoms with van der Waals surface area (Å²) in [5.74, 6) is 0.287. The molecule has 0 aromatic heterocycles. The van der Waals surface area contributed by atoms with Gasteiger partial charge in [-0.25, -0.2) is 4.39 Å². The van der Waals surface area contributed by atoms with Crippen molar-refractivity contribution in [3.8, 4) is 0 Å². The van der Waals surface area contributed by atoms with Crippen molar-refractivity contribution < 1.29 is 18.3 Å². The highest BCUT2D eigenvalue weighted by molar-refractivity contribution is 9.09. The van der Waals surface area contributed by atoms with Crippen LogP contribution in [0.3, 0.4) is 0 Å². The van der Waals surface area contributed by atoms with E-state index >= 15 is 4.39 Å². The number of hydrogen-bond acceptors (Lipinski definition) is 3. The Hall–Kier alpha value is -0.983. The van der Waals surface area contributed by atoms with Gasteiger partial charge >= 0.3 is 5.97 Å². The zero-order valence-electron chi connectivity index (χ0n) is 25.2. The van der Waals surface area contributed by atoms with Crippen molar-refractivity contribution in [3.05, 3.63) is 47.5 Å². The number of halogens is 2. The van der Waals surface area contributed by atoms with Crippen LogP contribution in [0.2, 0.25) is 18.1 Å². The molecule has 3 nitrogen and oxygen atoms in total. The molecule has 0 amide bonds. The van der Waals surface area contributed by atoms with E-state index in [4.69, 9.17) is 9.16 Å². The molecule has 6 heteroatoms. The van der Waals surface area contributed by atoms with E-state index in [9.17, 15) is 4.79 Å². The van der Waals surface area contributed by atoms with Gasteiger partial charge in [0.15, 0.2) is 8.32 Å². The van der Waals surface area contributed by atoms with Crippen LogP contribution in [-0.4, -0.2) is 38.0 Å². The van der Waals surface area contributed by atoms with Crippen molar-refractivity contribution in [2.75, 3.05) is 5.33 Å². The summed E-state index contributed by atoms with van der Waals surface area (Å²) in [5.41, 5.74) is 3.00. The Labute approximate surface area is 247 Å². The lowest BCUT2D eigenvalue weighted by Gasteiger charge is -2.40. The second-order valence-electron chi connectivity index (χ2n) is 13.5. The molecule has 2 aliphatic carbocycles. The van der Waals surface area contributed by atoms with Crippen molar-refractivity contribution in [1.82, 2.24) is 0 Å². The largest absolute Gasteiger partial charge is 0.462 e. The third kappa shape index (κ3) is 9.53. The van der Waals surface area contributed by atoms with E-state index in [2.05, 4.69) is 86.2 Å². The number of carbonyl (C=O) groups excluding carboxylic acids is 1. The molecule has 1 saturated carbocycles. The molecule has 0 bridgehead atoms. The van der Waals surface area contributed by atoms with Gasteiger partial charge in [0.05, 0.1) is 0 Å². The van der Waals surface area contributed by atoms with Crippen LogP contribution >= 0.6 is 15.9 Å². The highest BCUT2D eigenvalue weighted by Crippen LogP contribution is 2.44. The number of benzene rings is 1. The summed E-state index contributed by atoms with van der Waals surface area (Å²) in [6.07, 6.45) is 12.6. The number of rotatable bonds is 14. The summed E-state index contributed by atoms with van der Waals surface area (Å²) in [6, 6.07) is 8.84. The summed E-state index contributed by atoms with van der Waals surface area (Å²) >= 11 is 3.48. The first-order valence-corrected chi connectivity index (χ1v) is 19.2. The topological polar surface area (TPSA) is 35.5 Å². The molecule has 39 heavy (non-hydrogen) atoms. The Balaban J connectivity index is 1.68. The van der Waals surface area contributed by atoms with Crippen molar-refractivity contribution in [3.63, 3.8) is 0 Å². The maximum absolute atomic E-state index is 15.5. The lowest BCUT2D eigenvalue weighted by molar-refractivity contribution is -0.148. The molecule has 0 unspecified atom stereocenters. The Morgan fingerprint density at radius 2 is 1.74 bits per heavy atom. The smallest absolute Gasteiger partial charge is 0.302 e. The van der Waals surface area contributed by atoms with Crippen LogP contribution in [0, 0.1) is 17.8 Å². The zero-order chi connectivity index (χ0) is 28.6. The Morgan fingerprint density at radius 1 is 1.10 bits per heavy atom. The number of hydrogen-bond donors (Lipinski definition) is 0. The van der Waals surface area contributed by atoms with Gasteiger partial charge in [0.1, 0.15) is 12.3 Å². The highest BCUT2D eigenvalue weighted by Gasteiger charge is 2.45. The molecule has 1 fully saturated rings. The van der Waals surface area contributed by atoms with Gasteiger partial charge in [-0.05, 0) is 98.9 Å². The van der Waals surface area contributed by atoms with Crippen molar-refractivity contribution in [1.29, 1.82) is 0 Å². The summed E-state index contributed by atoms with van der Waals surface area (Å²) in [7, 11) is -1.97. The van der Waals surface area contributed by atoms with Gasteiger partial charge in [-0.15, -0.1) is 0 Å². The normalized spacial score (nSPS) is 24.8. The summed E-state index contributed by atoms with van der Waals surface area (Å²) in [4.78, 5) is 11.8. The predicted molar refractivity (Wildman–Crippen MR) is 167 cm³/mol. The predicted octanol–water partition coefficient (Wildman–Crippen LogP) is 9.38. The lowest BCUT2D eigenvalue weighted by Crippen LogP contribution is -2.44. The third-order valence-electron chi connectivity index (χ3n) is 9.47. The van der Waals surface area contributed by atoms with Crippen molar-refractivity contribution >= 4 is 30.2 Å². The molecule has 0 heterocycles. The van der Waals surface area contributed by atoms with Crippen LogP contribution in [0.4, 0.5) is 4.39 Å². The number of alkyl halides is 2. The van der Waals surface area contributed by atoms with Gasteiger partial charge in [-0.2, -0.15) is 0 Å². The van der Waals surface area contributed by atoms with Gasteiger partial charge in [-0.1, -0.05) is 73.1 Å². The summed E-state index contributed by atoms with van der Waals surface area (Å²) in [6.45, 7) is 13.0. The Bertz CT molecular complexity index is 918. The number of ether oxygens (including phenoxy) is 1. The second-order valence-corrected chi connectivity index (χ2v) is 19.0. The molecular weight excluding hydrogens is 571 g/mol. The molecule has 0 aliphatic heterocycles. The van der Waals surface area contributed by atoms with Crippen molar-refractivity contribution in [2.45, 2.75) is 128 Å². The Kier molecular flexibility index (Phi) is 12.3. The van der Waals surface area contributed by atoms with E-state index in [1.54, 1.807) is 0 Å².